The summed E-state index contributed by atoms with van der Waals surface area (Å²) in [6.45, 7) is 4.29. The van der Waals surface area contributed by atoms with Crippen molar-refractivity contribution in [2.24, 2.45) is 0 Å². The third kappa shape index (κ3) is 6.18. The normalized spacial score (nSPS) is 11.1. The molecule has 0 bridgehead atoms. The van der Waals surface area contributed by atoms with Crippen LogP contribution in [0.25, 0.3) is 0 Å². The minimum atomic E-state index is -3.59. The van der Waals surface area contributed by atoms with Crippen molar-refractivity contribution >= 4 is 39.0 Å². The molecule has 0 unspecified atom stereocenters. The number of benzene rings is 3. The fourth-order valence-corrected chi connectivity index (χ4v) is 4.64. The van der Waals surface area contributed by atoms with Crippen LogP contribution in [0.2, 0.25) is 0 Å². The van der Waals surface area contributed by atoms with Crippen molar-refractivity contribution in [3.05, 3.63) is 84.4 Å². The number of nitrogens with zero attached hydrogens (tertiary/aromatic N) is 1. The zero-order valence-electron chi connectivity index (χ0n) is 18.4. The summed E-state index contributed by atoms with van der Waals surface area (Å²) in [7, 11) is -3.59. The Morgan fingerprint density at radius 2 is 1.27 bits per heavy atom. The number of amides is 3. The van der Waals surface area contributed by atoms with Crippen LogP contribution in [0.5, 0.6) is 0 Å². The minimum Gasteiger partial charge on any atom is -0.322 e. The van der Waals surface area contributed by atoms with Crippen molar-refractivity contribution < 1.29 is 18.0 Å². The van der Waals surface area contributed by atoms with Gasteiger partial charge in [0.2, 0.25) is 10.0 Å². The molecule has 0 fully saturated rings. The summed E-state index contributed by atoms with van der Waals surface area (Å²) >= 11 is 0. The number of para-hydroxylation sites is 1. The summed E-state index contributed by atoms with van der Waals surface area (Å²) in [4.78, 5) is 24.9. The second kappa shape index (κ2) is 10.8. The third-order valence-electron chi connectivity index (χ3n) is 4.87. The van der Waals surface area contributed by atoms with E-state index in [1.54, 1.807) is 50.2 Å². The third-order valence-corrected chi connectivity index (χ3v) is 6.93. The maximum Gasteiger partial charge on any atom is 0.323 e. The summed E-state index contributed by atoms with van der Waals surface area (Å²) < 4.78 is 26.5. The van der Waals surface area contributed by atoms with E-state index in [0.29, 0.717) is 35.7 Å². The zero-order valence-corrected chi connectivity index (χ0v) is 19.2. The highest BCUT2D eigenvalue weighted by Gasteiger charge is 2.21. The molecule has 0 aliphatic heterocycles. The monoisotopic (exact) mass is 466 g/mol. The van der Waals surface area contributed by atoms with E-state index < -0.39 is 22.0 Å². The first kappa shape index (κ1) is 24.0. The second-order valence-electron chi connectivity index (χ2n) is 7.09. The first-order valence-electron chi connectivity index (χ1n) is 10.5. The Hall–Kier alpha value is -3.69. The van der Waals surface area contributed by atoms with E-state index in [1.807, 2.05) is 18.2 Å². The topological polar surface area (TPSA) is 108 Å². The van der Waals surface area contributed by atoms with Gasteiger partial charge < -0.3 is 16.0 Å². The minimum absolute atomic E-state index is 0.137. The number of hydrogen-bond donors (Lipinski definition) is 3. The van der Waals surface area contributed by atoms with Gasteiger partial charge in [-0.3, -0.25) is 4.79 Å². The lowest BCUT2D eigenvalue weighted by Crippen LogP contribution is -2.30. The summed E-state index contributed by atoms with van der Waals surface area (Å²) in [5.41, 5.74) is 1.96. The Morgan fingerprint density at radius 1 is 0.727 bits per heavy atom. The van der Waals surface area contributed by atoms with Crippen LogP contribution in [-0.4, -0.2) is 37.8 Å². The summed E-state index contributed by atoms with van der Waals surface area (Å²) in [6, 6.07) is 21.1. The Kier molecular flexibility index (Phi) is 7.81. The molecule has 0 aliphatic carbocycles. The number of rotatable bonds is 8. The van der Waals surface area contributed by atoms with E-state index in [1.165, 1.54) is 28.6 Å². The Bertz CT molecular complexity index is 1210. The Balaban J connectivity index is 1.65. The van der Waals surface area contributed by atoms with Gasteiger partial charge in [-0.2, -0.15) is 4.31 Å². The number of carbonyl (C=O) groups is 2. The predicted octanol–water partition coefficient (Wildman–Crippen LogP) is 4.61. The average Bonchev–Trinajstić information content (AvgIpc) is 2.80. The fraction of sp³-hybridized carbons (Fsp3) is 0.167. The van der Waals surface area contributed by atoms with Crippen LogP contribution in [0.4, 0.5) is 21.9 Å². The summed E-state index contributed by atoms with van der Waals surface area (Å²) in [5.74, 6) is -0.396. The molecule has 3 N–H and O–H groups in total. The van der Waals surface area contributed by atoms with Crippen LogP contribution in [0.15, 0.2) is 83.8 Å². The molecule has 3 aromatic rings. The molecule has 0 saturated heterocycles. The Morgan fingerprint density at radius 3 is 1.88 bits per heavy atom. The fourth-order valence-electron chi connectivity index (χ4n) is 3.18. The second-order valence-corrected chi connectivity index (χ2v) is 9.03. The highest BCUT2D eigenvalue weighted by molar-refractivity contribution is 7.89. The van der Waals surface area contributed by atoms with Crippen LogP contribution in [-0.2, 0) is 10.0 Å². The molecule has 0 spiro atoms. The number of anilines is 3. The van der Waals surface area contributed by atoms with Crippen molar-refractivity contribution in [2.75, 3.05) is 29.0 Å². The molecular weight excluding hydrogens is 440 g/mol. The molecular formula is C24H26N4O4S. The van der Waals surface area contributed by atoms with Gasteiger partial charge in [-0.1, -0.05) is 38.1 Å². The van der Waals surface area contributed by atoms with Gasteiger partial charge in [-0.25, -0.2) is 13.2 Å². The van der Waals surface area contributed by atoms with Crippen molar-refractivity contribution in [3.8, 4) is 0 Å². The van der Waals surface area contributed by atoms with Gasteiger partial charge in [0.15, 0.2) is 0 Å². The van der Waals surface area contributed by atoms with Gasteiger partial charge >= 0.3 is 6.03 Å². The van der Waals surface area contributed by atoms with Gasteiger partial charge in [0.05, 0.1) is 4.90 Å². The number of urea groups is 1. The molecule has 0 aromatic heterocycles. The van der Waals surface area contributed by atoms with E-state index in [9.17, 15) is 18.0 Å². The molecule has 0 aliphatic rings. The van der Waals surface area contributed by atoms with Gasteiger partial charge in [0.25, 0.3) is 5.91 Å². The van der Waals surface area contributed by atoms with Crippen molar-refractivity contribution in [1.82, 2.24) is 4.31 Å². The average molecular weight is 467 g/mol. The van der Waals surface area contributed by atoms with E-state index in [-0.39, 0.29) is 4.90 Å². The van der Waals surface area contributed by atoms with E-state index >= 15 is 0 Å². The highest BCUT2D eigenvalue weighted by atomic mass is 32.2. The SMILES string of the molecule is CCN(CC)S(=O)(=O)c1ccc(C(=O)Nc2cccc(NC(=O)Nc3ccccc3)c2)cc1. The number of carbonyl (C=O) groups excluding carboxylic acids is 2. The quantitative estimate of drug-likeness (QED) is 0.450. The maximum atomic E-state index is 12.6. The molecule has 0 radical (unpaired) electrons. The lowest BCUT2D eigenvalue weighted by Gasteiger charge is -2.18. The summed E-state index contributed by atoms with van der Waals surface area (Å²) in [6.07, 6.45) is 0. The van der Waals surface area contributed by atoms with Crippen LogP contribution >= 0.6 is 0 Å². The number of sulfonamides is 1. The first-order valence-corrected chi connectivity index (χ1v) is 11.9. The molecule has 0 atom stereocenters. The first-order chi connectivity index (χ1) is 15.8. The van der Waals surface area contributed by atoms with E-state index in [4.69, 9.17) is 0 Å². The number of nitrogens with one attached hydrogen (secondary N) is 3. The van der Waals surface area contributed by atoms with Gasteiger partial charge in [-0.05, 0) is 54.6 Å². The van der Waals surface area contributed by atoms with Gasteiger partial charge in [0.1, 0.15) is 0 Å². The van der Waals surface area contributed by atoms with Gasteiger partial charge in [-0.15, -0.1) is 0 Å². The van der Waals surface area contributed by atoms with Crippen LogP contribution < -0.4 is 16.0 Å². The Labute approximate surface area is 193 Å². The maximum absolute atomic E-state index is 12.6. The lowest BCUT2D eigenvalue weighted by molar-refractivity contribution is 0.102. The van der Waals surface area contributed by atoms with Crippen molar-refractivity contribution in [1.29, 1.82) is 0 Å². The molecule has 3 rings (SSSR count). The van der Waals surface area contributed by atoms with Crippen molar-refractivity contribution in [2.45, 2.75) is 18.7 Å². The molecule has 9 heteroatoms. The molecule has 172 valence electrons. The van der Waals surface area contributed by atoms with Crippen molar-refractivity contribution in [3.63, 3.8) is 0 Å². The predicted molar refractivity (Wildman–Crippen MR) is 130 cm³/mol. The largest absolute Gasteiger partial charge is 0.323 e. The van der Waals surface area contributed by atoms with Crippen LogP contribution in [0, 0.1) is 0 Å². The van der Waals surface area contributed by atoms with Crippen LogP contribution in [0.1, 0.15) is 24.2 Å². The van der Waals surface area contributed by atoms with Crippen LogP contribution in [0.3, 0.4) is 0 Å². The highest BCUT2D eigenvalue weighted by Crippen LogP contribution is 2.19. The molecule has 33 heavy (non-hydrogen) atoms. The summed E-state index contributed by atoms with van der Waals surface area (Å²) in [5, 5.41) is 8.19. The molecule has 8 nitrogen and oxygen atoms in total. The smallest absolute Gasteiger partial charge is 0.322 e. The number of hydrogen-bond acceptors (Lipinski definition) is 4. The molecule has 0 saturated carbocycles. The molecule has 3 amide bonds. The lowest BCUT2D eigenvalue weighted by atomic mass is 10.2. The standard InChI is InChI=1S/C24H26N4O4S/c1-3-28(4-2)33(31,32)22-15-13-18(14-16-22)23(29)25-20-11-8-12-21(17-20)27-24(30)26-19-9-6-5-7-10-19/h5-17H,3-4H2,1-2H3,(H,25,29)(H2,26,27,30). The zero-order chi connectivity index (χ0) is 23.8. The van der Waals surface area contributed by atoms with E-state index in [0.717, 1.165) is 0 Å². The molecule has 3 aromatic carbocycles. The van der Waals surface area contributed by atoms with Gasteiger partial charge in [0, 0.05) is 35.7 Å². The molecule has 0 heterocycles. The van der Waals surface area contributed by atoms with E-state index in [2.05, 4.69) is 16.0 Å².